The van der Waals surface area contributed by atoms with Crippen molar-refractivity contribution in [2.45, 2.75) is 13.8 Å². The fourth-order valence-electron chi connectivity index (χ4n) is 0.900. The maximum atomic E-state index is 8.66. The summed E-state index contributed by atoms with van der Waals surface area (Å²) in [6, 6.07) is 0. The smallest absolute Gasteiger partial charge is 0.0606 e. The van der Waals surface area contributed by atoms with Gasteiger partial charge < -0.3 is 15.7 Å². The molecule has 0 rings (SSSR count). The fraction of sp³-hybridized carbons (Fsp3) is 0.750. The Morgan fingerprint density at radius 3 is 2.45 bits per heavy atom. The molecule has 0 saturated heterocycles. The summed E-state index contributed by atoms with van der Waals surface area (Å²) in [5.74, 6) is 0. The molecule has 3 N–H and O–H groups in total. The van der Waals surface area contributed by atoms with Crippen molar-refractivity contribution < 1.29 is 5.11 Å². The first kappa shape index (κ1) is 10.5. The minimum atomic E-state index is 0.184. The van der Waals surface area contributed by atoms with Gasteiger partial charge in [-0.3, -0.25) is 0 Å². The maximum Gasteiger partial charge on any atom is 0.0606 e. The van der Waals surface area contributed by atoms with Crippen LogP contribution < -0.4 is 5.73 Å². The summed E-state index contributed by atoms with van der Waals surface area (Å²) in [4.78, 5) is 2.02. The van der Waals surface area contributed by atoms with Crippen molar-refractivity contribution >= 4 is 0 Å². The lowest BCUT2D eigenvalue weighted by Crippen LogP contribution is -2.27. The Morgan fingerprint density at radius 1 is 1.45 bits per heavy atom. The van der Waals surface area contributed by atoms with Crippen molar-refractivity contribution in [2.75, 3.05) is 26.2 Å². The average molecular weight is 158 g/mol. The molecule has 0 saturated carbocycles. The van der Waals surface area contributed by atoms with Crippen molar-refractivity contribution in [1.82, 2.24) is 4.90 Å². The van der Waals surface area contributed by atoms with Crippen LogP contribution in [0.5, 0.6) is 0 Å². The zero-order valence-electron chi connectivity index (χ0n) is 7.38. The van der Waals surface area contributed by atoms with E-state index in [0.717, 1.165) is 6.54 Å². The first-order valence-electron chi connectivity index (χ1n) is 3.90. The minimum Gasteiger partial charge on any atom is -0.395 e. The molecule has 0 radical (unpaired) electrons. The van der Waals surface area contributed by atoms with Gasteiger partial charge in [-0.15, -0.1) is 0 Å². The van der Waals surface area contributed by atoms with E-state index in [2.05, 4.69) is 0 Å². The fourth-order valence-corrected chi connectivity index (χ4v) is 0.900. The van der Waals surface area contributed by atoms with E-state index in [-0.39, 0.29) is 6.61 Å². The van der Waals surface area contributed by atoms with Crippen LogP contribution >= 0.6 is 0 Å². The highest BCUT2D eigenvalue weighted by Gasteiger charge is 1.95. The zero-order chi connectivity index (χ0) is 8.69. The van der Waals surface area contributed by atoms with E-state index in [1.165, 1.54) is 5.57 Å². The SMILES string of the molecule is CC(C)=CN(CCN)CCO. The second-order valence-corrected chi connectivity index (χ2v) is 2.75. The number of hydrogen-bond acceptors (Lipinski definition) is 3. The maximum absolute atomic E-state index is 8.66. The summed E-state index contributed by atoms with van der Waals surface area (Å²) in [5, 5.41) is 8.66. The van der Waals surface area contributed by atoms with Crippen LogP contribution in [0, 0.1) is 0 Å². The number of aliphatic hydroxyl groups is 1. The van der Waals surface area contributed by atoms with Gasteiger partial charge in [-0.05, 0) is 20.0 Å². The average Bonchev–Trinajstić information content (AvgIpc) is 1.87. The van der Waals surface area contributed by atoms with Gasteiger partial charge in [-0.2, -0.15) is 0 Å². The predicted molar refractivity (Wildman–Crippen MR) is 47.1 cm³/mol. The van der Waals surface area contributed by atoms with Gasteiger partial charge in [0.25, 0.3) is 0 Å². The van der Waals surface area contributed by atoms with E-state index < -0.39 is 0 Å². The molecule has 0 fully saturated rings. The van der Waals surface area contributed by atoms with Gasteiger partial charge in [-0.25, -0.2) is 0 Å². The second-order valence-electron chi connectivity index (χ2n) is 2.75. The highest BCUT2D eigenvalue weighted by Crippen LogP contribution is 1.94. The van der Waals surface area contributed by atoms with Gasteiger partial charge in [-0.1, -0.05) is 5.57 Å². The molecule has 0 atom stereocenters. The summed E-state index contributed by atoms with van der Waals surface area (Å²) >= 11 is 0. The van der Waals surface area contributed by atoms with Crippen LogP contribution in [0.25, 0.3) is 0 Å². The summed E-state index contributed by atoms with van der Waals surface area (Å²) in [7, 11) is 0. The Labute approximate surface area is 68.5 Å². The van der Waals surface area contributed by atoms with E-state index in [1.807, 2.05) is 24.9 Å². The normalized spacial score (nSPS) is 9.45. The molecule has 0 aliphatic carbocycles. The molecule has 0 bridgehead atoms. The van der Waals surface area contributed by atoms with Gasteiger partial charge in [0, 0.05) is 19.6 Å². The first-order valence-corrected chi connectivity index (χ1v) is 3.90. The monoisotopic (exact) mass is 158 g/mol. The summed E-state index contributed by atoms with van der Waals surface area (Å²) < 4.78 is 0. The second kappa shape index (κ2) is 6.19. The lowest BCUT2D eigenvalue weighted by atomic mass is 10.3. The van der Waals surface area contributed by atoms with Crippen molar-refractivity contribution in [3.63, 3.8) is 0 Å². The number of nitrogens with two attached hydrogens (primary N) is 1. The van der Waals surface area contributed by atoms with Crippen molar-refractivity contribution in [2.24, 2.45) is 5.73 Å². The number of aliphatic hydroxyl groups excluding tert-OH is 1. The van der Waals surface area contributed by atoms with E-state index in [9.17, 15) is 0 Å². The van der Waals surface area contributed by atoms with Gasteiger partial charge >= 0.3 is 0 Å². The molecular formula is C8H18N2O. The van der Waals surface area contributed by atoms with Crippen LogP contribution in [0.2, 0.25) is 0 Å². The predicted octanol–water partition coefficient (Wildman–Crippen LogP) is 0.163. The zero-order valence-corrected chi connectivity index (χ0v) is 7.38. The van der Waals surface area contributed by atoms with Gasteiger partial charge in [0.05, 0.1) is 6.61 Å². The van der Waals surface area contributed by atoms with Gasteiger partial charge in [0.1, 0.15) is 0 Å². The van der Waals surface area contributed by atoms with E-state index in [0.29, 0.717) is 13.1 Å². The largest absolute Gasteiger partial charge is 0.395 e. The van der Waals surface area contributed by atoms with Crippen LogP contribution in [0.3, 0.4) is 0 Å². The Balaban J connectivity index is 3.78. The highest BCUT2D eigenvalue weighted by atomic mass is 16.3. The Kier molecular flexibility index (Phi) is 5.88. The summed E-state index contributed by atoms with van der Waals surface area (Å²) in [5.41, 5.74) is 6.61. The number of rotatable bonds is 5. The molecule has 0 unspecified atom stereocenters. The topological polar surface area (TPSA) is 49.5 Å². The highest BCUT2D eigenvalue weighted by molar-refractivity contribution is 4.92. The minimum absolute atomic E-state index is 0.184. The van der Waals surface area contributed by atoms with E-state index >= 15 is 0 Å². The third-order valence-corrected chi connectivity index (χ3v) is 1.24. The number of hydrogen-bond donors (Lipinski definition) is 2. The van der Waals surface area contributed by atoms with Crippen LogP contribution in [0.1, 0.15) is 13.8 Å². The summed E-state index contributed by atoms with van der Waals surface area (Å²) in [6.07, 6.45) is 2.02. The Hall–Kier alpha value is -0.540. The molecule has 66 valence electrons. The van der Waals surface area contributed by atoms with Crippen LogP contribution in [0.4, 0.5) is 0 Å². The first-order chi connectivity index (χ1) is 5.20. The molecule has 11 heavy (non-hydrogen) atoms. The van der Waals surface area contributed by atoms with Crippen molar-refractivity contribution in [3.05, 3.63) is 11.8 Å². The molecular weight excluding hydrogens is 140 g/mol. The van der Waals surface area contributed by atoms with Crippen LogP contribution in [0.15, 0.2) is 11.8 Å². The Bertz CT molecular complexity index is 113. The third kappa shape index (κ3) is 5.88. The molecule has 0 heterocycles. The number of nitrogens with zero attached hydrogens (tertiary/aromatic N) is 1. The van der Waals surface area contributed by atoms with Crippen molar-refractivity contribution in [3.8, 4) is 0 Å². The summed E-state index contributed by atoms with van der Waals surface area (Å²) in [6.45, 7) is 6.35. The molecule has 0 aliphatic heterocycles. The molecule has 0 aliphatic rings. The molecule has 3 nitrogen and oxygen atoms in total. The van der Waals surface area contributed by atoms with Gasteiger partial charge in [0.15, 0.2) is 0 Å². The lowest BCUT2D eigenvalue weighted by Gasteiger charge is -2.18. The number of allylic oxidation sites excluding steroid dienone is 1. The van der Waals surface area contributed by atoms with E-state index in [4.69, 9.17) is 10.8 Å². The van der Waals surface area contributed by atoms with Crippen LogP contribution in [-0.2, 0) is 0 Å². The molecule has 0 aromatic carbocycles. The molecule has 0 aromatic rings. The molecule has 0 spiro atoms. The third-order valence-electron chi connectivity index (χ3n) is 1.24. The molecule has 0 aromatic heterocycles. The van der Waals surface area contributed by atoms with Crippen molar-refractivity contribution in [1.29, 1.82) is 0 Å². The lowest BCUT2D eigenvalue weighted by molar-refractivity contribution is 0.238. The van der Waals surface area contributed by atoms with E-state index in [1.54, 1.807) is 0 Å². The quantitative estimate of drug-likeness (QED) is 0.599. The Morgan fingerprint density at radius 2 is 2.09 bits per heavy atom. The van der Waals surface area contributed by atoms with Gasteiger partial charge in [0.2, 0.25) is 0 Å². The molecule has 0 amide bonds. The molecule has 3 heteroatoms. The standard InChI is InChI=1S/C8H18N2O/c1-8(2)7-10(4-3-9)5-6-11/h7,11H,3-6,9H2,1-2H3. The van der Waals surface area contributed by atoms with Crippen LogP contribution in [-0.4, -0.2) is 36.2 Å².